The number of anilines is 1. The lowest BCUT2D eigenvalue weighted by atomic mass is 10.2. The monoisotopic (exact) mass is 248 g/mol. The summed E-state index contributed by atoms with van der Waals surface area (Å²) >= 11 is 0. The molecular weight excluding hydrogens is 228 g/mol. The first-order chi connectivity index (χ1) is 8.69. The van der Waals surface area contributed by atoms with Crippen LogP contribution < -0.4 is 9.64 Å². The number of rotatable bonds is 4. The Bertz CT molecular complexity index is 395. The quantitative estimate of drug-likeness (QED) is 0.806. The van der Waals surface area contributed by atoms with Crippen LogP contribution in [0.5, 0.6) is 5.75 Å². The highest BCUT2D eigenvalue weighted by Crippen LogP contribution is 2.20. The van der Waals surface area contributed by atoms with Crippen molar-refractivity contribution in [3.8, 4) is 5.75 Å². The van der Waals surface area contributed by atoms with Crippen LogP contribution in [-0.2, 0) is 4.79 Å². The molecule has 0 radical (unpaired) electrons. The predicted octanol–water partition coefficient (Wildman–Crippen LogP) is 1.41. The minimum absolute atomic E-state index is 0.243. The number of benzene rings is 1. The third-order valence-corrected chi connectivity index (χ3v) is 3.26. The smallest absolute Gasteiger partial charge is 0.143 e. The third kappa shape index (κ3) is 3.23. The number of carbonyl (C=O) groups excluding carboxylic acids is 1. The summed E-state index contributed by atoms with van der Waals surface area (Å²) in [5.41, 5.74) is 1.22. The molecule has 0 atom stereocenters. The fraction of sp³-hybridized carbons (Fsp3) is 0.500. The van der Waals surface area contributed by atoms with Crippen molar-refractivity contribution in [3.05, 3.63) is 24.3 Å². The minimum atomic E-state index is 0.243. The normalized spacial score (nSPS) is 16.7. The summed E-state index contributed by atoms with van der Waals surface area (Å²) in [5.74, 6) is 1.13. The van der Waals surface area contributed by atoms with Crippen LogP contribution in [0.1, 0.15) is 6.92 Å². The van der Waals surface area contributed by atoms with Gasteiger partial charge in [-0.1, -0.05) is 0 Å². The number of carbonyl (C=O) groups is 1. The van der Waals surface area contributed by atoms with Crippen molar-refractivity contribution in [1.29, 1.82) is 0 Å². The molecule has 4 nitrogen and oxygen atoms in total. The molecule has 1 heterocycles. The fourth-order valence-corrected chi connectivity index (χ4v) is 2.27. The molecule has 0 unspecified atom stereocenters. The van der Waals surface area contributed by atoms with Crippen molar-refractivity contribution in [1.82, 2.24) is 4.90 Å². The fourth-order valence-electron chi connectivity index (χ4n) is 2.27. The molecule has 0 spiro atoms. The zero-order valence-electron chi connectivity index (χ0n) is 11.1. The standard InChI is InChI=1S/C14H20N2O2/c1-12(17)11-15-7-9-16(10-8-15)13-3-5-14(18-2)6-4-13/h3-6H,7-11H2,1-2H3. The molecular formula is C14H20N2O2. The number of hydrogen-bond acceptors (Lipinski definition) is 4. The van der Waals surface area contributed by atoms with E-state index in [1.807, 2.05) is 12.1 Å². The molecule has 1 aromatic rings. The van der Waals surface area contributed by atoms with Crippen LogP contribution >= 0.6 is 0 Å². The van der Waals surface area contributed by atoms with Gasteiger partial charge in [-0.25, -0.2) is 0 Å². The van der Waals surface area contributed by atoms with E-state index in [2.05, 4.69) is 21.9 Å². The first-order valence-corrected chi connectivity index (χ1v) is 6.30. The van der Waals surface area contributed by atoms with Crippen molar-refractivity contribution in [2.24, 2.45) is 0 Å². The van der Waals surface area contributed by atoms with Gasteiger partial charge in [0.2, 0.25) is 0 Å². The largest absolute Gasteiger partial charge is 0.497 e. The third-order valence-electron chi connectivity index (χ3n) is 3.26. The average Bonchev–Trinajstić information content (AvgIpc) is 2.39. The highest BCUT2D eigenvalue weighted by Gasteiger charge is 2.17. The number of nitrogens with zero attached hydrogens (tertiary/aromatic N) is 2. The van der Waals surface area contributed by atoms with E-state index in [0.717, 1.165) is 31.9 Å². The zero-order chi connectivity index (χ0) is 13.0. The van der Waals surface area contributed by atoms with Gasteiger partial charge in [0.15, 0.2) is 0 Å². The van der Waals surface area contributed by atoms with Gasteiger partial charge in [-0.2, -0.15) is 0 Å². The molecule has 1 aromatic carbocycles. The SMILES string of the molecule is COc1ccc(N2CCN(CC(C)=O)CC2)cc1. The van der Waals surface area contributed by atoms with Gasteiger partial charge in [-0.15, -0.1) is 0 Å². The van der Waals surface area contributed by atoms with E-state index in [1.54, 1.807) is 14.0 Å². The summed E-state index contributed by atoms with van der Waals surface area (Å²) in [7, 11) is 1.68. The van der Waals surface area contributed by atoms with Crippen LogP contribution in [0.4, 0.5) is 5.69 Å². The van der Waals surface area contributed by atoms with Gasteiger partial charge in [-0.05, 0) is 31.2 Å². The number of ether oxygens (including phenoxy) is 1. The Hall–Kier alpha value is -1.55. The molecule has 1 aliphatic heterocycles. The molecule has 4 heteroatoms. The lowest BCUT2D eigenvalue weighted by Gasteiger charge is -2.35. The lowest BCUT2D eigenvalue weighted by Crippen LogP contribution is -2.47. The van der Waals surface area contributed by atoms with E-state index in [-0.39, 0.29) is 5.78 Å². The van der Waals surface area contributed by atoms with Gasteiger partial charge in [0, 0.05) is 31.9 Å². The molecule has 1 saturated heterocycles. The number of piperazine rings is 1. The second kappa shape index (κ2) is 5.87. The van der Waals surface area contributed by atoms with Crippen LogP contribution in [0.25, 0.3) is 0 Å². The summed E-state index contributed by atoms with van der Waals surface area (Å²) in [6.07, 6.45) is 0. The second-order valence-electron chi connectivity index (χ2n) is 4.66. The van der Waals surface area contributed by atoms with Gasteiger partial charge in [0.05, 0.1) is 13.7 Å². The van der Waals surface area contributed by atoms with Gasteiger partial charge >= 0.3 is 0 Å². The Morgan fingerprint density at radius 3 is 2.28 bits per heavy atom. The van der Waals surface area contributed by atoms with Gasteiger partial charge in [-0.3, -0.25) is 9.69 Å². The topological polar surface area (TPSA) is 32.8 Å². The van der Waals surface area contributed by atoms with Crippen molar-refractivity contribution < 1.29 is 9.53 Å². The van der Waals surface area contributed by atoms with E-state index in [9.17, 15) is 4.79 Å². The Balaban J connectivity index is 1.90. The van der Waals surface area contributed by atoms with Crippen molar-refractivity contribution in [3.63, 3.8) is 0 Å². The van der Waals surface area contributed by atoms with E-state index in [1.165, 1.54) is 5.69 Å². The van der Waals surface area contributed by atoms with Crippen LogP contribution in [0.2, 0.25) is 0 Å². The van der Waals surface area contributed by atoms with Crippen molar-refractivity contribution in [2.45, 2.75) is 6.92 Å². The van der Waals surface area contributed by atoms with Crippen LogP contribution in [0, 0.1) is 0 Å². The second-order valence-corrected chi connectivity index (χ2v) is 4.66. The average molecular weight is 248 g/mol. The zero-order valence-corrected chi connectivity index (χ0v) is 11.1. The molecule has 0 N–H and O–H groups in total. The Kier molecular flexibility index (Phi) is 4.20. The van der Waals surface area contributed by atoms with Crippen LogP contribution in [0.15, 0.2) is 24.3 Å². The molecule has 0 bridgehead atoms. The first-order valence-electron chi connectivity index (χ1n) is 6.30. The van der Waals surface area contributed by atoms with Gasteiger partial charge < -0.3 is 9.64 Å². The summed E-state index contributed by atoms with van der Waals surface area (Å²) in [5, 5.41) is 0. The number of hydrogen-bond donors (Lipinski definition) is 0. The molecule has 0 aromatic heterocycles. The molecule has 0 aliphatic carbocycles. The van der Waals surface area contributed by atoms with Crippen molar-refractivity contribution >= 4 is 11.5 Å². The van der Waals surface area contributed by atoms with Gasteiger partial charge in [0.25, 0.3) is 0 Å². The highest BCUT2D eigenvalue weighted by molar-refractivity contribution is 5.77. The maximum atomic E-state index is 11.1. The van der Waals surface area contributed by atoms with E-state index in [4.69, 9.17) is 4.74 Å². The summed E-state index contributed by atoms with van der Waals surface area (Å²) < 4.78 is 5.15. The maximum absolute atomic E-state index is 11.1. The predicted molar refractivity (Wildman–Crippen MR) is 72.3 cm³/mol. The van der Waals surface area contributed by atoms with E-state index < -0.39 is 0 Å². The van der Waals surface area contributed by atoms with E-state index in [0.29, 0.717) is 6.54 Å². The lowest BCUT2D eigenvalue weighted by molar-refractivity contribution is -0.118. The molecule has 2 rings (SSSR count). The maximum Gasteiger partial charge on any atom is 0.143 e. The van der Waals surface area contributed by atoms with Crippen molar-refractivity contribution in [2.75, 3.05) is 44.7 Å². The Morgan fingerprint density at radius 1 is 1.17 bits per heavy atom. The molecule has 1 aliphatic rings. The minimum Gasteiger partial charge on any atom is -0.497 e. The van der Waals surface area contributed by atoms with Crippen LogP contribution in [-0.4, -0.2) is 50.5 Å². The molecule has 1 fully saturated rings. The summed E-state index contributed by atoms with van der Waals surface area (Å²) in [4.78, 5) is 15.6. The van der Waals surface area contributed by atoms with E-state index >= 15 is 0 Å². The molecule has 0 saturated carbocycles. The van der Waals surface area contributed by atoms with Gasteiger partial charge in [0.1, 0.15) is 11.5 Å². The number of Topliss-reactive ketones (excluding diaryl/α,β-unsaturated/α-hetero) is 1. The molecule has 18 heavy (non-hydrogen) atoms. The van der Waals surface area contributed by atoms with Crippen LogP contribution in [0.3, 0.4) is 0 Å². The summed E-state index contributed by atoms with van der Waals surface area (Å²) in [6, 6.07) is 8.13. The first kappa shape index (κ1) is 12.9. The number of ketones is 1. The molecule has 98 valence electrons. The summed E-state index contributed by atoms with van der Waals surface area (Å²) in [6.45, 7) is 6.07. The highest BCUT2D eigenvalue weighted by atomic mass is 16.5. The molecule has 0 amide bonds. The Labute approximate surface area is 108 Å². The number of methoxy groups -OCH3 is 1. The Morgan fingerprint density at radius 2 is 1.78 bits per heavy atom.